The number of rotatable bonds is 8. The smallest absolute Gasteiger partial charge is 0.243 e. The lowest BCUT2D eigenvalue weighted by Crippen LogP contribution is -2.40. The molecule has 120 valence electrons. The number of methoxy groups -OCH3 is 1. The minimum absolute atomic E-state index is 0.0711. The summed E-state index contributed by atoms with van der Waals surface area (Å²) < 4.78 is 32.0. The van der Waals surface area contributed by atoms with Crippen molar-refractivity contribution in [2.45, 2.75) is 44.2 Å². The molecule has 21 heavy (non-hydrogen) atoms. The van der Waals surface area contributed by atoms with E-state index in [0.717, 1.165) is 12.0 Å². The van der Waals surface area contributed by atoms with Crippen molar-refractivity contribution in [3.63, 3.8) is 0 Å². The minimum atomic E-state index is -3.51. The van der Waals surface area contributed by atoms with Gasteiger partial charge in [-0.25, -0.2) is 8.42 Å². The molecule has 0 spiro atoms. The zero-order valence-corrected chi connectivity index (χ0v) is 14.1. The first-order chi connectivity index (χ1) is 9.84. The van der Waals surface area contributed by atoms with Crippen LogP contribution in [-0.2, 0) is 14.8 Å². The van der Waals surface area contributed by atoms with E-state index in [1.807, 2.05) is 20.8 Å². The van der Waals surface area contributed by atoms with Gasteiger partial charge in [-0.1, -0.05) is 19.1 Å². The summed E-state index contributed by atoms with van der Waals surface area (Å²) in [4.78, 5) is 0.295. The van der Waals surface area contributed by atoms with Gasteiger partial charge in [0.25, 0.3) is 0 Å². The highest BCUT2D eigenvalue weighted by molar-refractivity contribution is 7.89. The molecular formula is C15H26N2O3S. The van der Waals surface area contributed by atoms with Crippen molar-refractivity contribution >= 4 is 10.0 Å². The molecule has 0 aromatic heterocycles. The largest absolute Gasteiger partial charge is 0.383 e. The summed E-state index contributed by atoms with van der Waals surface area (Å²) in [6.07, 6.45) is 0.751. The summed E-state index contributed by atoms with van der Waals surface area (Å²) in [5.41, 5.74) is 6.71. The molecule has 0 radical (unpaired) electrons. The Morgan fingerprint density at radius 3 is 2.24 bits per heavy atom. The van der Waals surface area contributed by atoms with E-state index in [4.69, 9.17) is 10.5 Å². The van der Waals surface area contributed by atoms with Crippen LogP contribution in [-0.4, -0.2) is 39.0 Å². The maximum absolute atomic E-state index is 12.8. The SMILES string of the molecule is CCC(C)N(CCOC)S(=O)(=O)c1ccc(C(C)N)cc1. The molecule has 2 N–H and O–H groups in total. The fourth-order valence-electron chi connectivity index (χ4n) is 2.04. The van der Waals surface area contributed by atoms with Gasteiger partial charge < -0.3 is 10.5 Å². The van der Waals surface area contributed by atoms with Gasteiger partial charge in [0.15, 0.2) is 0 Å². The summed E-state index contributed by atoms with van der Waals surface area (Å²) in [6, 6.07) is 6.59. The molecule has 0 amide bonds. The summed E-state index contributed by atoms with van der Waals surface area (Å²) in [6.45, 7) is 6.47. The zero-order chi connectivity index (χ0) is 16.0. The third kappa shape index (κ3) is 4.51. The Hall–Kier alpha value is -0.950. The van der Waals surface area contributed by atoms with Crippen molar-refractivity contribution in [2.24, 2.45) is 5.73 Å². The Balaban J connectivity index is 3.09. The molecule has 0 aliphatic rings. The van der Waals surface area contributed by atoms with Gasteiger partial charge in [0.2, 0.25) is 10.0 Å². The van der Waals surface area contributed by atoms with E-state index in [9.17, 15) is 8.42 Å². The molecule has 1 rings (SSSR count). The van der Waals surface area contributed by atoms with E-state index < -0.39 is 10.0 Å². The summed E-state index contributed by atoms with van der Waals surface area (Å²) in [5.74, 6) is 0. The van der Waals surface area contributed by atoms with Crippen LogP contribution in [0.15, 0.2) is 29.2 Å². The molecule has 0 fully saturated rings. The highest BCUT2D eigenvalue weighted by Gasteiger charge is 2.27. The predicted octanol–water partition coefficient (Wildman–Crippen LogP) is 2.14. The van der Waals surface area contributed by atoms with Crippen LogP contribution in [0.2, 0.25) is 0 Å². The molecule has 2 atom stereocenters. The van der Waals surface area contributed by atoms with Crippen molar-refractivity contribution in [2.75, 3.05) is 20.3 Å². The molecule has 0 heterocycles. The number of ether oxygens (including phenoxy) is 1. The highest BCUT2D eigenvalue weighted by atomic mass is 32.2. The number of hydrogen-bond donors (Lipinski definition) is 1. The lowest BCUT2D eigenvalue weighted by molar-refractivity contribution is 0.167. The van der Waals surface area contributed by atoms with E-state index in [1.165, 1.54) is 4.31 Å². The number of hydrogen-bond acceptors (Lipinski definition) is 4. The van der Waals surface area contributed by atoms with Crippen LogP contribution in [0.25, 0.3) is 0 Å². The second-order valence-electron chi connectivity index (χ2n) is 5.22. The third-order valence-corrected chi connectivity index (χ3v) is 5.64. The molecule has 0 saturated carbocycles. The predicted molar refractivity (Wildman–Crippen MR) is 84.6 cm³/mol. The molecule has 0 bridgehead atoms. The fraction of sp³-hybridized carbons (Fsp3) is 0.600. The summed E-state index contributed by atoms with van der Waals surface area (Å²) >= 11 is 0. The van der Waals surface area contributed by atoms with E-state index >= 15 is 0 Å². The number of nitrogens with zero attached hydrogens (tertiary/aromatic N) is 1. The van der Waals surface area contributed by atoms with Crippen molar-refractivity contribution in [1.82, 2.24) is 4.31 Å². The summed E-state index contributed by atoms with van der Waals surface area (Å²) in [7, 11) is -1.95. The van der Waals surface area contributed by atoms with Crippen LogP contribution in [0.5, 0.6) is 0 Å². The molecule has 1 aromatic carbocycles. The Morgan fingerprint density at radius 1 is 1.24 bits per heavy atom. The standard InChI is InChI=1S/C15H26N2O3S/c1-5-12(2)17(10-11-20-4)21(18,19)15-8-6-14(7-9-15)13(3)16/h6-9,12-13H,5,10-11,16H2,1-4H3. The van der Waals surface area contributed by atoms with Gasteiger partial charge in [0.1, 0.15) is 0 Å². The van der Waals surface area contributed by atoms with E-state index in [0.29, 0.717) is 18.0 Å². The Bertz CT molecular complexity index is 526. The maximum atomic E-state index is 12.8. The molecule has 1 aromatic rings. The van der Waals surface area contributed by atoms with Gasteiger partial charge in [-0.15, -0.1) is 0 Å². The lowest BCUT2D eigenvalue weighted by atomic mass is 10.1. The Morgan fingerprint density at radius 2 is 1.81 bits per heavy atom. The molecule has 6 heteroatoms. The van der Waals surface area contributed by atoms with Gasteiger partial charge >= 0.3 is 0 Å². The molecule has 0 saturated heterocycles. The molecule has 5 nitrogen and oxygen atoms in total. The van der Waals surface area contributed by atoms with E-state index in [-0.39, 0.29) is 12.1 Å². The van der Waals surface area contributed by atoms with Gasteiger partial charge in [0, 0.05) is 25.7 Å². The van der Waals surface area contributed by atoms with Gasteiger partial charge in [-0.05, 0) is 38.0 Å². The van der Waals surface area contributed by atoms with Crippen molar-refractivity contribution in [1.29, 1.82) is 0 Å². The quantitative estimate of drug-likeness (QED) is 0.798. The minimum Gasteiger partial charge on any atom is -0.383 e. The average molecular weight is 314 g/mol. The van der Waals surface area contributed by atoms with Crippen molar-refractivity contribution in [3.05, 3.63) is 29.8 Å². The lowest BCUT2D eigenvalue weighted by Gasteiger charge is -2.27. The van der Waals surface area contributed by atoms with Crippen LogP contribution in [0.1, 0.15) is 38.8 Å². The van der Waals surface area contributed by atoms with E-state index in [2.05, 4.69) is 0 Å². The monoisotopic (exact) mass is 314 g/mol. The van der Waals surface area contributed by atoms with Crippen LogP contribution in [0.4, 0.5) is 0 Å². The maximum Gasteiger partial charge on any atom is 0.243 e. The molecule has 2 unspecified atom stereocenters. The Kier molecular flexibility index (Phi) is 6.80. The second-order valence-corrected chi connectivity index (χ2v) is 7.11. The topological polar surface area (TPSA) is 72.6 Å². The molecule has 0 aliphatic heterocycles. The Labute approximate surface area is 128 Å². The number of sulfonamides is 1. The molecular weight excluding hydrogens is 288 g/mol. The average Bonchev–Trinajstić information content (AvgIpc) is 2.47. The molecule has 0 aliphatic carbocycles. The normalized spacial score (nSPS) is 15.1. The van der Waals surface area contributed by atoms with Crippen LogP contribution < -0.4 is 5.73 Å². The number of nitrogens with two attached hydrogens (primary N) is 1. The van der Waals surface area contributed by atoms with Crippen molar-refractivity contribution in [3.8, 4) is 0 Å². The van der Waals surface area contributed by atoms with Gasteiger partial charge in [-0.2, -0.15) is 4.31 Å². The fourth-order valence-corrected chi connectivity index (χ4v) is 3.73. The van der Waals surface area contributed by atoms with Gasteiger partial charge in [0.05, 0.1) is 11.5 Å². The summed E-state index contributed by atoms with van der Waals surface area (Å²) in [5, 5.41) is 0. The first-order valence-electron chi connectivity index (χ1n) is 7.20. The number of benzene rings is 1. The first kappa shape index (κ1) is 18.1. The van der Waals surface area contributed by atoms with Crippen molar-refractivity contribution < 1.29 is 13.2 Å². The van der Waals surface area contributed by atoms with Crippen LogP contribution >= 0.6 is 0 Å². The third-order valence-electron chi connectivity index (χ3n) is 3.61. The zero-order valence-electron chi connectivity index (χ0n) is 13.2. The van der Waals surface area contributed by atoms with Crippen LogP contribution in [0, 0.1) is 0 Å². The van der Waals surface area contributed by atoms with E-state index in [1.54, 1.807) is 31.4 Å². The highest BCUT2D eigenvalue weighted by Crippen LogP contribution is 2.21. The van der Waals surface area contributed by atoms with Gasteiger partial charge in [-0.3, -0.25) is 0 Å². The second kappa shape index (κ2) is 7.89. The first-order valence-corrected chi connectivity index (χ1v) is 8.64. The van der Waals surface area contributed by atoms with Crippen LogP contribution in [0.3, 0.4) is 0 Å².